The molecular formula is C15H20OS2. The molecule has 0 radical (unpaired) electrons. The van der Waals surface area contributed by atoms with Crippen LogP contribution in [0.2, 0.25) is 0 Å². The van der Waals surface area contributed by atoms with Gasteiger partial charge in [-0.1, -0.05) is 32.6 Å². The van der Waals surface area contributed by atoms with Crippen LogP contribution in [-0.4, -0.2) is 5.11 Å². The number of aliphatic hydroxyl groups excluding tert-OH is 1. The van der Waals surface area contributed by atoms with Crippen molar-refractivity contribution in [1.82, 2.24) is 0 Å². The van der Waals surface area contributed by atoms with Gasteiger partial charge in [0.2, 0.25) is 0 Å². The SMILES string of the molecule is CCC1CCCCC1C(O)c1cc2sccc2s1. The Labute approximate surface area is 116 Å². The molecule has 1 nitrogen and oxygen atoms in total. The van der Waals surface area contributed by atoms with Crippen molar-refractivity contribution < 1.29 is 5.11 Å². The molecule has 1 N–H and O–H groups in total. The van der Waals surface area contributed by atoms with Crippen LogP contribution >= 0.6 is 22.7 Å². The van der Waals surface area contributed by atoms with E-state index in [9.17, 15) is 5.11 Å². The average molecular weight is 280 g/mol. The zero-order chi connectivity index (χ0) is 12.5. The third kappa shape index (κ3) is 2.24. The Morgan fingerprint density at radius 2 is 2.17 bits per heavy atom. The fourth-order valence-electron chi connectivity index (χ4n) is 3.30. The number of hydrogen-bond donors (Lipinski definition) is 1. The molecule has 2 aromatic heterocycles. The van der Waals surface area contributed by atoms with Gasteiger partial charge in [0.1, 0.15) is 0 Å². The molecule has 3 unspecified atom stereocenters. The second-order valence-corrected chi connectivity index (χ2v) is 7.42. The Hall–Kier alpha value is -0.380. The number of hydrogen-bond acceptors (Lipinski definition) is 3. The fraction of sp³-hybridized carbons (Fsp3) is 0.600. The Balaban J connectivity index is 1.84. The van der Waals surface area contributed by atoms with Crippen LogP contribution in [0.15, 0.2) is 17.5 Å². The fourth-order valence-corrected chi connectivity index (χ4v) is 5.48. The summed E-state index contributed by atoms with van der Waals surface area (Å²) in [6, 6.07) is 4.37. The zero-order valence-corrected chi connectivity index (χ0v) is 12.4. The predicted molar refractivity (Wildman–Crippen MR) is 80.4 cm³/mol. The van der Waals surface area contributed by atoms with Crippen LogP contribution in [0.4, 0.5) is 0 Å². The minimum Gasteiger partial charge on any atom is -0.387 e. The number of aliphatic hydroxyl groups is 1. The van der Waals surface area contributed by atoms with E-state index >= 15 is 0 Å². The van der Waals surface area contributed by atoms with Gasteiger partial charge >= 0.3 is 0 Å². The highest BCUT2D eigenvalue weighted by atomic mass is 32.1. The molecule has 1 saturated carbocycles. The van der Waals surface area contributed by atoms with Gasteiger partial charge in [0.15, 0.2) is 0 Å². The molecule has 0 spiro atoms. The number of rotatable bonds is 3. The number of thiophene rings is 2. The molecule has 3 heteroatoms. The van der Waals surface area contributed by atoms with E-state index in [4.69, 9.17) is 0 Å². The first kappa shape index (κ1) is 12.6. The van der Waals surface area contributed by atoms with Gasteiger partial charge in [0.25, 0.3) is 0 Å². The van der Waals surface area contributed by atoms with Crippen LogP contribution < -0.4 is 0 Å². The molecule has 0 amide bonds. The molecule has 0 aromatic carbocycles. The van der Waals surface area contributed by atoms with Crippen molar-refractivity contribution in [1.29, 1.82) is 0 Å². The van der Waals surface area contributed by atoms with E-state index in [0.717, 1.165) is 0 Å². The van der Waals surface area contributed by atoms with E-state index in [-0.39, 0.29) is 6.10 Å². The van der Waals surface area contributed by atoms with Gasteiger partial charge in [0, 0.05) is 14.3 Å². The van der Waals surface area contributed by atoms with Gasteiger partial charge < -0.3 is 5.11 Å². The summed E-state index contributed by atoms with van der Waals surface area (Å²) in [7, 11) is 0. The van der Waals surface area contributed by atoms with Crippen molar-refractivity contribution in [2.24, 2.45) is 11.8 Å². The monoisotopic (exact) mass is 280 g/mol. The lowest BCUT2D eigenvalue weighted by Crippen LogP contribution is -2.24. The maximum atomic E-state index is 10.7. The molecule has 1 fully saturated rings. The van der Waals surface area contributed by atoms with Crippen molar-refractivity contribution >= 4 is 32.1 Å². The van der Waals surface area contributed by atoms with E-state index in [1.165, 1.54) is 46.4 Å². The third-order valence-corrected chi connectivity index (χ3v) is 6.51. The highest BCUT2D eigenvalue weighted by molar-refractivity contribution is 7.26. The second kappa shape index (κ2) is 5.32. The van der Waals surface area contributed by atoms with Crippen LogP contribution in [0.3, 0.4) is 0 Å². The quantitative estimate of drug-likeness (QED) is 0.818. The summed E-state index contributed by atoms with van der Waals surface area (Å²) in [4.78, 5) is 1.18. The first-order valence-electron chi connectivity index (χ1n) is 6.94. The first-order valence-corrected chi connectivity index (χ1v) is 8.64. The molecule has 2 aromatic rings. The summed E-state index contributed by atoms with van der Waals surface area (Å²) >= 11 is 3.56. The molecular weight excluding hydrogens is 260 g/mol. The Kier molecular flexibility index (Phi) is 3.73. The summed E-state index contributed by atoms with van der Waals surface area (Å²) in [6.45, 7) is 2.27. The second-order valence-electron chi connectivity index (χ2n) is 5.36. The largest absolute Gasteiger partial charge is 0.387 e. The van der Waals surface area contributed by atoms with Gasteiger partial charge in [-0.15, -0.1) is 22.7 Å². The lowest BCUT2D eigenvalue weighted by molar-refractivity contribution is 0.0478. The smallest absolute Gasteiger partial charge is 0.0913 e. The first-order chi connectivity index (χ1) is 8.79. The summed E-state index contributed by atoms with van der Waals surface area (Å²) in [6.07, 6.45) is 6.11. The van der Waals surface area contributed by atoms with Gasteiger partial charge in [-0.3, -0.25) is 0 Å². The molecule has 3 atom stereocenters. The molecule has 18 heavy (non-hydrogen) atoms. The van der Waals surface area contributed by atoms with Crippen LogP contribution in [-0.2, 0) is 0 Å². The lowest BCUT2D eigenvalue weighted by atomic mass is 9.74. The van der Waals surface area contributed by atoms with Crippen molar-refractivity contribution in [3.05, 3.63) is 22.4 Å². The number of fused-ring (bicyclic) bond motifs is 1. The molecule has 1 aliphatic carbocycles. The Morgan fingerprint density at radius 3 is 2.94 bits per heavy atom. The van der Waals surface area contributed by atoms with Crippen LogP contribution in [0.1, 0.15) is 50.0 Å². The molecule has 1 aliphatic rings. The Morgan fingerprint density at radius 1 is 1.33 bits per heavy atom. The van der Waals surface area contributed by atoms with E-state index in [2.05, 4.69) is 24.4 Å². The van der Waals surface area contributed by atoms with Crippen LogP contribution in [0.25, 0.3) is 9.40 Å². The Bertz CT molecular complexity index is 485. The minimum absolute atomic E-state index is 0.236. The van der Waals surface area contributed by atoms with Gasteiger partial charge in [-0.2, -0.15) is 0 Å². The van der Waals surface area contributed by atoms with Crippen molar-refractivity contribution in [2.75, 3.05) is 0 Å². The van der Waals surface area contributed by atoms with Crippen molar-refractivity contribution in [3.8, 4) is 0 Å². The van der Waals surface area contributed by atoms with Crippen molar-refractivity contribution in [2.45, 2.75) is 45.1 Å². The topological polar surface area (TPSA) is 20.2 Å². The molecule has 0 saturated heterocycles. The lowest BCUT2D eigenvalue weighted by Gasteiger charge is -2.33. The normalized spacial score (nSPS) is 26.6. The molecule has 98 valence electrons. The summed E-state index contributed by atoms with van der Waals surface area (Å²) in [5.74, 6) is 1.20. The standard InChI is InChI=1S/C15H20OS2/c1-2-10-5-3-4-6-11(10)15(16)14-9-13-12(18-14)7-8-17-13/h7-11,15-16H,2-6H2,1H3. The predicted octanol–water partition coefficient (Wildman–Crippen LogP) is 5.21. The van der Waals surface area contributed by atoms with Gasteiger partial charge in [-0.25, -0.2) is 0 Å². The highest BCUT2D eigenvalue weighted by Crippen LogP contribution is 2.43. The third-order valence-electron chi connectivity index (χ3n) is 4.35. The van der Waals surface area contributed by atoms with Gasteiger partial charge in [0.05, 0.1) is 6.10 Å². The maximum absolute atomic E-state index is 10.7. The molecule has 2 heterocycles. The van der Waals surface area contributed by atoms with Crippen LogP contribution in [0.5, 0.6) is 0 Å². The van der Waals surface area contributed by atoms with Crippen LogP contribution in [0, 0.1) is 11.8 Å². The molecule has 0 aliphatic heterocycles. The zero-order valence-electron chi connectivity index (χ0n) is 10.8. The summed E-state index contributed by atoms with van der Waals surface area (Å²) in [5.41, 5.74) is 0. The van der Waals surface area contributed by atoms with E-state index in [1.807, 2.05) is 0 Å². The van der Waals surface area contributed by atoms with E-state index in [1.54, 1.807) is 22.7 Å². The van der Waals surface area contributed by atoms with E-state index < -0.39 is 0 Å². The minimum atomic E-state index is -0.236. The van der Waals surface area contributed by atoms with E-state index in [0.29, 0.717) is 11.8 Å². The molecule has 0 bridgehead atoms. The molecule has 3 rings (SSSR count). The maximum Gasteiger partial charge on any atom is 0.0913 e. The average Bonchev–Trinajstić information content (AvgIpc) is 2.98. The summed E-state index contributed by atoms with van der Waals surface area (Å²) < 4.78 is 2.66. The van der Waals surface area contributed by atoms with Crippen molar-refractivity contribution in [3.63, 3.8) is 0 Å². The highest BCUT2D eigenvalue weighted by Gasteiger charge is 2.31. The summed E-state index contributed by atoms with van der Waals surface area (Å²) in [5, 5.41) is 12.8. The van der Waals surface area contributed by atoms with Gasteiger partial charge in [-0.05, 0) is 35.8 Å².